The number of thiophene rings is 1. The van der Waals surface area contributed by atoms with Gasteiger partial charge in [-0.15, -0.1) is 11.3 Å². The number of carbonyl (C=O) groups is 1. The van der Waals surface area contributed by atoms with E-state index in [9.17, 15) is 4.79 Å². The first-order valence-corrected chi connectivity index (χ1v) is 7.00. The van der Waals surface area contributed by atoms with E-state index in [0.29, 0.717) is 17.1 Å². The Bertz CT molecular complexity index is 625. The summed E-state index contributed by atoms with van der Waals surface area (Å²) in [5.74, 6) is 0.0269. The Labute approximate surface area is 121 Å². The van der Waals surface area contributed by atoms with E-state index in [1.165, 1.54) is 23.1 Å². The highest BCUT2D eigenvalue weighted by Gasteiger charge is 2.16. The Hall–Kier alpha value is -2.08. The average Bonchev–Trinajstić information content (AvgIpc) is 2.87. The normalized spacial score (nSPS) is 11.9. The lowest BCUT2D eigenvalue weighted by Gasteiger charge is -2.15. The number of esters is 1. The van der Waals surface area contributed by atoms with Crippen LogP contribution in [-0.4, -0.2) is 18.1 Å². The number of nitrogens with one attached hydrogen (secondary N) is 1. The third-order valence-electron chi connectivity index (χ3n) is 2.94. The van der Waals surface area contributed by atoms with Gasteiger partial charge in [0.15, 0.2) is 5.82 Å². The van der Waals surface area contributed by atoms with Crippen molar-refractivity contribution in [3.63, 3.8) is 0 Å². The van der Waals surface area contributed by atoms with E-state index >= 15 is 0 Å². The summed E-state index contributed by atoms with van der Waals surface area (Å²) < 4.78 is 4.69. The van der Waals surface area contributed by atoms with Gasteiger partial charge >= 0.3 is 5.97 Å². The Morgan fingerprint density at radius 3 is 2.80 bits per heavy atom. The molecule has 106 valence electrons. The Kier molecular flexibility index (Phi) is 4.24. The number of nitrogens with two attached hydrogens (primary N) is 1. The van der Waals surface area contributed by atoms with Crippen molar-refractivity contribution < 1.29 is 9.53 Å². The van der Waals surface area contributed by atoms with Crippen molar-refractivity contribution in [3.05, 3.63) is 39.7 Å². The van der Waals surface area contributed by atoms with Crippen molar-refractivity contribution in [3.8, 4) is 0 Å². The van der Waals surface area contributed by atoms with E-state index in [1.807, 2.05) is 6.92 Å². The molecule has 0 radical (unpaired) electrons. The van der Waals surface area contributed by atoms with Crippen molar-refractivity contribution in [2.24, 2.45) is 0 Å². The van der Waals surface area contributed by atoms with Crippen LogP contribution in [0.5, 0.6) is 0 Å². The highest BCUT2D eigenvalue weighted by atomic mass is 32.1. The monoisotopic (exact) mass is 291 g/mol. The molecule has 0 fully saturated rings. The lowest BCUT2D eigenvalue weighted by Crippen LogP contribution is -2.12. The molecule has 1 atom stereocenters. The van der Waals surface area contributed by atoms with Crippen LogP contribution < -0.4 is 11.1 Å². The second-order valence-corrected chi connectivity index (χ2v) is 5.75. The summed E-state index contributed by atoms with van der Waals surface area (Å²) in [5, 5.41) is 3.23. The third kappa shape index (κ3) is 2.91. The van der Waals surface area contributed by atoms with Gasteiger partial charge in [-0.05, 0) is 32.0 Å². The van der Waals surface area contributed by atoms with Gasteiger partial charge in [-0.3, -0.25) is 0 Å². The number of nitrogens with zero attached hydrogens (tertiary/aromatic N) is 1. The Morgan fingerprint density at radius 1 is 1.45 bits per heavy atom. The van der Waals surface area contributed by atoms with Crippen LogP contribution in [0.1, 0.15) is 33.1 Å². The summed E-state index contributed by atoms with van der Waals surface area (Å²) in [7, 11) is 1.33. The molecule has 1 unspecified atom stereocenters. The zero-order valence-corrected chi connectivity index (χ0v) is 12.5. The smallest absolute Gasteiger partial charge is 0.340 e. The van der Waals surface area contributed by atoms with Crippen LogP contribution in [0.25, 0.3) is 0 Å². The van der Waals surface area contributed by atoms with Crippen LogP contribution in [0, 0.1) is 6.92 Å². The van der Waals surface area contributed by atoms with E-state index in [2.05, 4.69) is 29.4 Å². The lowest BCUT2D eigenvalue weighted by molar-refractivity contribution is 0.0602. The summed E-state index contributed by atoms with van der Waals surface area (Å²) >= 11 is 1.71. The zero-order chi connectivity index (χ0) is 14.7. The molecule has 3 N–H and O–H groups in total. The molecule has 2 aromatic heterocycles. The van der Waals surface area contributed by atoms with Crippen molar-refractivity contribution in [2.45, 2.75) is 19.9 Å². The maximum atomic E-state index is 11.6. The van der Waals surface area contributed by atoms with E-state index in [1.54, 1.807) is 17.4 Å². The fourth-order valence-electron chi connectivity index (χ4n) is 1.84. The molecule has 5 nitrogen and oxygen atoms in total. The molecule has 0 spiro atoms. The van der Waals surface area contributed by atoms with E-state index < -0.39 is 5.97 Å². The van der Waals surface area contributed by atoms with E-state index in [4.69, 9.17) is 10.5 Å². The highest BCUT2D eigenvalue weighted by Crippen LogP contribution is 2.28. The molecule has 0 aliphatic carbocycles. The minimum absolute atomic E-state index is 0.0661. The topological polar surface area (TPSA) is 77.2 Å². The second-order valence-electron chi connectivity index (χ2n) is 4.43. The van der Waals surface area contributed by atoms with Crippen LogP contribution in [0.15, 0.2) is 24.4 Å². The van der Waals surface area contributed by atoms with Crippen LogP contribution in [0.4, 0.5) is 11.5 Å². The first kappa shape index (κ1) is 14.3. The number of anilines is 2. The van der Waals surface area contributed by atoms with Crippen LogP contribution in [0.2, 0.25) is 0 Å². The van der Waals surface area contributed by atoms with Gasteiger partial charge in [-0.1, -0.05) is 0 Å². The molecule has 2 rings (SSSR count). The number of hydrogen-bond donors (Lipinski definition) is 2. The predicted molar refractivity (Wildman–Crippen MR) is 81.1 cm³/mol. The maximum Gasteiger partial charge on any atom is 0.340 e. The SMILES string of the molecule is COC(=O)c1ccnc(NC(C)c2ccc(C)s2)c1N. The van der Waals surface area contributed by atoms with Gasteiger partial charge in [0.1, 0.15) is 0 Å². The lowest BCUT2D eigenvalue weighted by atomic mass is 10.2. The molecule has 2 aromatic rings. The van der Waals surface area contributed by atoms with Gasteiger partial charge in [0.05, 0.1) is 24.4 Å². The number of carbonyl (C=O) groups excluding carboxylic acids is 1. The number of nitrogen functional groups attached to an aromatic ring is 1. The van der Waals surface area contributed by atoms with Crippen LogP contribution >= 0.6 is 11.3 Å². The zero-order valence-electron chi connectivity index (χ0n) is 11.6. The summed E-state index contributed by atoms with van der Waals surface area (Å²) in [5.41, 5.74) is 6.59. The van der Waals surface area contributed by atoms with Crippen molar-refractivity contribution in [1.82, 2.24) is 4.98 Å². The van der Waals surface area contributed by atoms with Gasteiger partial charge in [-0.2, -0.15) is 0 Å². The van der Waals surface area contributed by atoms with E-state index in [0.717, 1.165) is 0 Å². The molecule has 2 heterocycles. The standard InChI is InChI=1S/C14H17N3O2S/c1-8-4-5-11(20-8)9(2)17-13-12(15)10(6-7-16-13)14(18)19-3/h4-7,9H,15H2,1-3H3,(H,16,17). The molecular formula is C14H17N3O2S. The van der Waals surface area contributed by atoms with Crippen LogP contribution in [0.3, 0.4) is 0 Å². The molecular weight excluding hydrogens is 274 g/mol. The molecule has 0 aliphatic heterocycles. The fraction of sp³-hybridized carbons (Fsp3) is 0.286. The van der Waals surface area contributed by atoms with Crippen molar-refractivity contribution in [1.29, 1.82) is 0 Å². The van der Waals surface area contributed by atoms with Gasteiger partial charge in [0.2, 0.25) is 0 Å². The number of aryl methyl sites for hydroxylation is 1. The Morgan fingerprint density at radius 2 is 2.20 bits per heavy atom. The highest BCUT2D eigenvalue weighted by molar-refractivity contribution is 7.12. The summed E-state index contributed by atoms with van der Waals surface area (Å²) in [6, 6.07) is 5.75. The first-order chi connectivity index (χ1) is 9.52. The van der Waals surface area contributed by atoms with E-state index in [-0.39, 0.29) is 6.04 Å². The molecule has 0 amide bonds. The minimum Gasteiger partial charge on any atom is -0.465 e. The minimum atomic E-state index is -0.465. The largest absolute Gasteiger partial charge is 0.465 e. The molecule has 6 heteroatoms. The van der Waals surface area contributed by atoms with Crippen molar-refractivity contribution in [2.75, 3.05) is 18.2 Å². The number of rotatable bonds is 4. The molecule has 0 aromatic carbocycles. The summed E-state index contributed by atoms with van der Waals surface area (Å²) in [6.45, 7) is 4.09. The van der Waals surface area contributed by atoms with Crippen LogP contribution in [-0.2, 0) is 4.74 Å². The second kappa shape index (κ2) is 5.92. The van der Waals surface area contributed by atoms with Gasteiger partial charge < -0.3 is 15.8 Å². The number of aromatic nitrogens is 1. The Balaban J connectivity index is 2.23. The van der Waals surface area contributed by atoms with Gasteiger partial charge in [-0.25, -0.2) is 9.78 Å². The van der Waals surface area contributed by atoms with Gasteiger partial charge in [0, 0.05) is 16.0 Å². The number of pyridine rings is 1. The molecule has 0 bridgehead atoms. The molecule has 0 aliphatic rings. The summed E-state index contributed by atoms with van der Waals surface area (Å²) in [6.07, 6.45) is 1.54. The maximum absolute atomic E-state index is 11.6. The summed E-state index contributed by atoms with van der Waals surface area (Å²) in [4.78, 5) is 18.2. The third-order valence-corrected chi connectivity index (χ3v) is 4.12. The number of ether oxygens (including phenoxy) is 1. The molecule has 0 saturated carbocycles. The quantitative estimate of drug-likeness (QED) is 0.847. The van der Waals surface area contributed by atoms with Crippen molar-refractivity contribution >= 4 is 28.8 Å². The predicted octanol–water partition coefficient (Wildman–Crippen LogP) is 2.99. The fourth-order valence-corrected chi connectivity index (χ4v) is 2.72. The molecule has 20 heavy (non-hydrogen) atoms. The number of hydrogen-bond acceptors (Lipinski definition) is 6. The average molecular weight is 291 g/mol. The number of methoxy groups -OCH3 is 1. The molecule has 0 saturated heterocycles. The van der Waals surface area contributed by atoms with Gasteiger partial charge in [0.25, 0.3) is 0 Å². The first-order valence-electron chi connectivity index (χ1n) is 6.18.